The molecule has 3 heteroatoms. The predicted molar refractivity (Wildman–Crippen MR) is 36.1 cm³/mol. The number of hydrogen-bond donors (Lipinski definition) is 2. The Labute approximate surface area is 55.7 Å². The predicted octanol–water partition coefficient (Wildman–Crippen LogP) is -0.770. The molecule has 1 atom stereocenters. The molecular weight excluding hydrogens is 116 g/mol. The van der Waals surface area contributed by atoms with Crippen LogP contribution in [0.15, 0.2) is 0 Å². The largest absolute Gasteiger partial charge is 0.381 e. The fraction of sp³-hybridized carbons (Fsp3) is 1.00. The third-order valence-corrected chi connectivity index (χ3v) is 1.82. The van der Waals surface area contributed by atoms with E-state index in [1.54, 1.807) is 0 Å². The minimum Gasteiger partial charge on any atom is -0.381 e. The third kappa shape index (κ3) is 1.64. The van der Waals surface area contributed by atoms with Crippen molar-refractivity contribution in [3.8, 4) is 0 Å². The number of nitrogens with one attached hydrogen (secondary N) is 1. The van der Waals surface area contributed by atoms with Gasteiger partial charge in [-0.25, -0.2) is 0 Å². The fourth-order valence-corrected chi connectivity index (χ4v) is 1.09. The molecule has 0 radical (unpaired) electrons. The van der Waals surface area contributed by atoms with Gasteiger partial charge in [0.25, 0.3) is 0 Å². The van der Waals surface area contributed by atoms with Gasteiger partial charge >= 0.3 is 0 Å². The summed E-state index contributed by atoms with van der Waals surface area (Å²) >= 11 is 0. The van der Waals surface area contributed by atoms with Crippen LogP contribution in [0.4, 0.5) is 0 Å². The summed E-state index contributed by atoms with van der Waals surface area (Å²) in [5, 5.41) is 12.0. The Hall–Kier alpha value is -0.120. The lowest BCUT2D eigenvalue weighted by Gasteiger charge is -2.31. The van der Waals surface area contributed by atoms with Crippen molar-refractivity contribution < 1.29 is 5.11 Å². The summed E-state index contributed by atoms with van der Waals surface area (Å²) in [7, 11) is 0. The zero-order chi connectivity index (χ0) is 6.69. The van der Waals surface area contributed by atoms with Crippen LogP contribution in [0.25, 0.3) is 0 Å². The van der Waals surface area contributed by atoms with E-state index in [9.17, 15) is 0 Å². The summed E-state index contributed by atoms with van der Waals surface area (Å²) in [6.45, 7) is 5.29. The summed E-state index contributed by atoms with van der Waals surface area (Å²) in [4.78, 5) is 2.05. The fourth-order valence-electron chi connectivity index (χ4n) is 1.09. The van der Waals surface area contributed by atoms with Crippen molar-refractivity contribution in [3.05, 3.63) is 0 Å². The van der Waals surface area contributed by atoms with E-state index in [1.165, 1.54) is 0 Å². The minimum atomic E-state index is 0.197. The molecule has 0 spiro atoms. The molecule has 0 saturated carbocycles. The van der Waals surface area contributed by atoms with E-state index in [4.69, 9.17) is 5.11 Å². The van der Waals surface area contributed by atoms with Crippen molar-refractivity contribution in [2.75, 3.05) is 26.4 Å². The van der Waals surface area contributed by atoms with Gasteiger partial charge in [-0.15, -0.1) is 0 Å². The molecule has 2 N–H and O–H groups in total. The second kappa shape index (κ2) is 3.15. The molecule has 0 bridgehead atoms. The smallest absolute Gasteiger partial charge is 0.0959 e. The molecule has 0 aliphatic carbocycles. The van der Waals surface area contributed by atoms with Crippen LogP contribution < -0.4 is 5.32 Å². The Morgan fingerprint density at radius 2 is 2.56 bits per heavy atom. The van der Waals surface area contributed by atoms with Gasteiger partial charge in [0.1, 0.15) is 0 Å². The van der Waals surface area contributed by atoms with E-state index in [-0.39, 0.29) is 6.73 Å². The van der Waals surface area contributed by atoms with Crippen molar-refractivity contribution in [3.63, 3.8) is 0 Å². The monoisotopic (exact) mass is 130 g/mol. The first-order valence-corrected chi connectivity index (χ1v) is 3.40. The maximum atomic E-state index is 8.76. The van der Waals surface area contributed by atoms with Crippen molar-refractivity contribution in [1.29, 1.82) is 0 Å². The van der Waals surface area contributed by atoms with Gasteiger partial charge in [-0.2, -0.15) is 0 Å². The highest BCUT2D eigenvalue weighted by Crippen LogP contribution is 1.98. The maximum Gasteiger partial charge on any atom is 0.0959 e. The van der Waals surface area contributed by atoms with Crippen molar-refractivity contribution >= 4 is 0 Å². The highest BCUT2D eigenvalue weighted by atomic mass is 16.3. The highest BCUT2D eigenvalue weighted by molar-refractivity contribution is 4.73. The molecule has 54 valence electrons. The number of piperazine rings is 1. The van der Waals surface area contributed by atoms with E-state index in [2.05, 4.69) is 17.1 Å². The van der Waals surface area contributed by atoms with Gasteiger partial charge in [0, 0.05) is 25.7 Å². The standard InChI is InChI=1S/C6H14N2O/c1-6-4-7-2-3-8(6)5-9/h6-7,9H,2-5H2,1H3. The molecule has 0 amide bonds. The first-order chi connectivity index (χ1) is 4.34. The maximum absolute atomic E-state index is 8.76. The lowest BCUT2D eigenvalue weighted by atomic mass is 10.2. The Balaban J connectivity index is 2.30. The lowest BCUT2D eigenvalue weighted by molar-refractivity contribution is 0.0592. The van der Waals surface area contributed by atoms with Crippen LogP contribution in [0.1, 0.15) is 6.92 Å². The first-order valence-electron chi connectivity index (χ1n) is 3.40. The molecule has 0 aromatic rings. The van der Waals surface area contributed by atoms with Gasteiger partial charge in [0.15, 0.2) is 0 Å². The van der Waals surface area contributed by atoms with Gasteiger partial charge < -0.3 is 10.4 Å². The third-order valence-electron chi connectivity index (χ3n) is 1.82. The second-order valence-corrected chi connectivity index (χ2v) is 2.51. The van der Waals surface area contributed by atoms with E-state index in [1.807, 2.05) is 0 Å². The molecule has 1 rings (SSSR count). The molecule has 1 aliphatic rings. The van der Waals surface area contributed by atoms with Gasteiger partial charge in [-0.3, -0.25) is 4.90 Å². The van der Waals surface area contributed by atoms with E-state index in [0.717, 1.165) is 19.6 Å². The Morgan fingerprint density at radius 1 is 1.78 bits per heavy atom. The van der Waals surface area contributed by atoms with Crippen molar-refractivity contribution in [2.24, 2.45) is 0 Å². The van der Waals surface area contributed by atoms with Gasteiger partial charge in [-0.1, -0.05) is 0 Å². The number of nitrogens with zero attached hydrogens (tertiary/aromatic N) is 1. The normalized spacial score (nSPS) is 30.7. The van der Waals surface area contributed by atoms with E-state index >= 15 is 0 Å². The van der Waals surface area contributed by atoms with Crippen LogP contribution in [0.5, 0.6) is 0 Å². The molecule has 9 heavy (non-hydrogen) atoms. The number of hydrogen-bond acceptors (Lipinski definition) is 3. The van der Waals surface area contributed by atoms with Crippen molar-refractivity contribution in [2.45, 2.75) is 13.0 Å². The second-order valence-electron chi connectivity index (χ2n) is 2.51. The minimum absolute atomic E-state index is 0.197. The van der Waals surface area contributed by atoms with Crippen LogP contribution in [-0.4, -0.2) is 42.4 Å². The quantitative estimate of drug-likeness (QED) is 0.489. The number of rotatable bonds is 1. The molecule has 0 aromatic carbocycles. The van der Waals surface area contributed by atoms with E-state index in [0.29, 0.717) is 6.04 Å². The Bertz CT molecular complexity index is 87.1. The molecule has 0 aromatic heterocycles. The molecular formula is C6H14N2O. The lowest BCUT2D eigenvalue weighted by Crippen LogP contribution is -2.49. The highest BCUT2D eigenvalue weighted by Gasteiger charge is 2.15. The molecule has 1 saturated heterocycles. The van der Waals surface area contributed by atoms with Crippen molar-refractivity contribution in [1.82, 2.24) is 10.2 Å². The van der Waals surface area contributed by atoms with Crippen LogP contribution in [0.3, 0.4) is 0 Å². The zero-order valence-corrected chi connectivity index (χ0v) is 5.80. The molecule has 1 heterocycles. The molecule has 1 aliphatic heterocycles. The molecule has 3 nitrogen and oxygen atoms in total. The number of aliphatic hydroxyl groups is 1. The topological polar surface area (TPSA) is 35.5 Å². The van der Waals surface area contributed by atoms with Gasteiger partial charge in [0.2, 0.25) is 0 Å². The average Bonchev–Trinajstić information content (AvgIpc) is 1.89. The van der Waals surface area contributed by atoms with E-state index < -0.39 is 0 Å². The van der Waals surface area contributed by atoms with Gasteiger partial charge in [0.05, 0.1) is 6.73 Å². The van der Waals surface area contributed by atoms with Crippen LogP contribution in [0.2, 0.25) is 0 Å². The summed E-state index contributed by atoms with van der Waals surface area (Å²) in [5.74, 6) is 0. The van der Waals surface area contributed by atoms with Gasteiger partial charge in [-0.05, 0) is 6.92 Å². The SMILES string of the molecule is CC1CNCCN1CO. The van der Waals surface area contributed by atoms with Crippen LogP contribution >= 0.6 is 0 Å². The summed E-state index contributed by atoms with van der Waals surface area (Å²) in [6.07, 6.45) is 0. The first kappa shape index (κ1) is 6.99. The van der Waals surface area contributed by atoms with Crippen LogP contribution in [-0.2, 0) is 0 Å². The Kier molecular flexibility index (Phi) is 2.45. The number of aliphatic hydroxyl groups excluding tert-OH is 1. The summed E-state index contributed by atoms with van der Waals surface area (Å²) < 4.78 is 0. The van der Waals surface area contributed by atoms with Crippen LogP contribution in [0, 0.1) is 0 Å². The zero-order valence-electron chi connectivity index (χ0n) is 5.80. The average molecular weight is 130 g/mol. The molecule has 1 unspecified atom stereocenters. The molecule has 1 fully saturated rings. The summed E-state index contributed by atoms with van der Waals surface area (Å²) in [5.41, 5.74) is 0. The summed E-state index contributed by atoms with van der Waals surface area (Å²) in [6, 6.07) is 0.490. The Morgan fingerprint density at radius 3 is 3.00 bits per heavy atom.